The first kappa shape index (κ1) is 14.4. The van der Waals surface area contributed by atoms with E-state index in [0.29, 0.717) is 6.61 Å². The van der Waals surface area contributed by atoms with Gasteiger partial charge >= 0.3 is 0 Å². The van der Waals surface area contributed by atoms with Gasteiger partial charge in [-0.25, -0.2) is 0 Å². The van der Waals surface area contributed by atoms with Crippen molar-refractivity contribution in [2.45, 2.75) is 19.4 Å². The van der Waals surface area contributed by atoms with Gasteiger partial charge in [0.25, 0.3) is 0 Å². The number of nitrogen functional groups attached to an aromatic ring is 1. The fourth-order valence-corrected chi connectivity index (χ4v) is 2.08. The summed E-state index contributed by atoms with van der Waals surface area (Å²) in [5.41, 5.74) is 8.96. The van der Waals surface area contributed by atoms with E-state index in [1.54, 1.807) is 7.11 Å². The van der Waals surface area contributed by atoms with Crippen molar-refractivity contribution in [1.29, 1.82) is 0 Å². The van der Waals surface area contributed by atoms with Crippen molar-refractivity contribution in [1.82, 2.24) is 0 Å². The molecule has 0 aliphatic heterocycles. The van der Waals surface area contributed by atoms with Gasteiger partial charge in [0.1, 0.15) is 5.75 Å². The number of aryl methyl sites for hydroxylation is 1. The summed E-state index contributed by atoms with van der Waals surface area (Å²) in [6.45, 7) is 1.36. The lowest BCUT2D eigenvalue weighted by Crippen LogP contribution is -1.98. The van der Waals surface area contributed by atoms with Crippen LogP contribution in [0.25, 0.3) is 0 Å². The van der Waals surface area contributed by atoms with E-state index < -0.39 is 0 Å². The highest BCUT2D eigenvalue weighted by Gasteiger charge is 1.97. The van der Waals surface area contributed by atoms with Crippen LogP contribution in [0.1, 0.15) is 17.5 Å². The van der Waals surface area contributed by atoms with Gasteiger partial charge in [0, 0.05) is 12.3 Å². The average molecular weight is 271 g/mol. The number of rotatable bonds is 7. The van der Waals surface area contributed by atoms with Gasteiger partial charge in [0.2, 0.25) is 0 Å². The van der Waals surface area contributed by atoms with Crippen LogP contribution < -0.4 is 10.5 Å². The molecule has 0 heterocycles. The number of hydrogen-bond donors (Lipinski definition) is 1. The molecule has 0 aromatic heterocycles. The second-order valence-corrected chi connectivity index (χ2v) is 4.75. The molecule has 0 atom stereocenters. The van der Waals surface area contributed by atoms with E-state index in [0.717, 1.165) is 36.4 Å². The van der Waals surface area contributed by atoms with E-state index >= 15 is 0 Å². The Hall–Kier alpha value is -2.00. The van der Waals surface area contributed by atoms with Gasteiger partial charge in [-0.05, 0) is 48.2 Å². The van der Waals surface area contributed by atoms with Gasteiger partial charge in [0.05, 0.1) is 13.7 Å². The molecule has 2 aromatic rings. The number of nitrogens with two attached hydrogens (primary N) is 1. The Morgan fingerprint density at radius 2 is 1.80 bits per heavy atom. The molecular weight excluding hydrogens is 250 g/mol. The van der Waals surface area contributed by atoms with E-state index in [2.05, 4.69) is 6.07 Å². The van der Waals surface area contributed by atoms with E-state index in [1.807, 2.05) is 42.5 Å². The largest absolute Gasteiger partial charge is 0.497 e. The number of anilines is 1. The van der Waals surface area contributed by atoms with Crippen LogP contribution in [0.4, 0.5) is 5.69 Å². The van der Waals surface area contributed by atoms with Crippen LogP contribution in [0, 0.1) is 0 Å². The normalized spacial score (nSPS) is 10.4. The Labute approximate surface area is 120 Å². The summed E-state index contributed by atoms with van der Waals surface area (Å²) in [5, 5.41) is 0. The molecule has 20 heavy (non-hydrogen) atoms. The van der Waals surface area contributed by atoms with E-state index in [9.17, 15) is 0 Å². The second kappa shape index (κ2) is 7.56. The lowest BCUT2D eigenvalue weighted by atomic mass is 10.1. The number of ether oxygens (including phenoxy) is 2. The zero-order chi connectivity index (χ0) is 14.2. The van der Waals surface area contributed by atoms with Crippen molar-refractivity contribution in [3.8, 4) is 5.75 Å². The fourth-order valence-electron chi connectivity index (χ4n) is 2.08. The zero-order valence-corrected chi connectivity index (χ0v) is 11.8. The molecule has 0 saturated carbocycles. The minimum Gasteiger partial charge on any atom is -0.497 e. The van der Waals surface area contributed by atoms with Crippen molar-refractivity contribution in [3.63, 3.8) is 0 Å². The van der Waals surface area contributed by atoms with Crippen molar-refractivity contribution in [2.75, 3.05) is 19.5 Å². The highest BCUT2D eigenvalue weighted by Crippen LogP contribution is 2.13. The molecule has 0 bridgehead atoms. The summed E-state index contributed by atoms with van der Waals surface area (Å²) in [6, 6.07) is 16.0. The third-order valence-corrected chi connectivity index (χ3v) is 3.11. The number of methoxy groups -OCH3 is 1. The molecule has 0 aliphatic rings. The molecule has 0 saturated heterocycles. The van der Waals surface area contributed by atoms with Crippen LogP contribution in [0.3, 0.4) is 0 Å². The quantitative estimate of drug-likeness (QED) is 0.620. The number of benzene rings is 2. The van der Waals surface area contributed by atoms with E-state index in [1.165, 1.54) is 5.56 Å². The summed E-state index contributed by atoms with van der Waals surface area (Å²) >= 11 is 0. The summed E-state index contributed by atoms with van der Waals surface area (Å²) in [4.78, 5) is 0. The van der Waals surface area contributed by atoms with Gasteiger partial charge in [-0.1, -0.05) is 24.3 Å². The first-order valence-corrected chi connectivity index (χ1v) is 6.83. The van der Waals surface area contributed by atoms with Crippen LogP contribution in [-0.2, 0) is 17.8 Å². The maximum Gasteiger partial charge on any atom is 0.119 e. The molecule has 3 nitrogen and oxygen atoms in total. The Kier molecular flexibility index (Phi) is 5.44. The monoisotopic (exact) mass is 271 g/mol. The van der Waals surface area contributed by atoms with Crippen LogP contribution in [0.5, 0.6) is 5.75 Å². The van der Waals surface area contributed by atoms with Crippen LogP contribution in [-0.4, -0.2) is 13.7 Å². The van der Waals surface area contributed by atoms with Gasteiger partial charge in [-0.2, -0.15) is 0 Å². The molecule has 2 N–H and O–H groups in total. The van der Waals surface area contributed by atoms with Crippen molar-refractivity contribution in [2.24, 2.45) is 0 Å². The standard InChI is InChI=1S/C17H21NO2/c1-19-17-9-3-6-15(12-17)13-20-10-4-7-14-5-2-8-16(18)11-14/h2-3,5-6,8-9,11-12H,4,7,10,13,18H2,1H3. The molecule has 106 valence electrons. The van der Waals surface area contributed by atoms with Gasteiger partial charge < -0.3 is 15.2 Å². The Morgan fingerprint density at radius 1 is 1.00 bits per heavy atom. The fraction of sp³-hybridized carbons (Fsp3) is 0.294. The highest BCUT2D eigenvalue weighted by atomic mass is 16.5. The van der Waals surface area contributed by atoms with Gasteiger partial charge in [0.15, 0.2) is 0 Å². The lowest BCUT2D eigenvalue weighted by Gasteiger charge is -2.06. The third kappa shape index (κ3) is 4.59. The summed E-state index contributed by atoms with van der Waals surface area (Å²) in [6.07, 6.45) is 1.98. The molecule has 2 rings (SSSR count). The highest BCUT2D eigenvalue weighted by molar-refractivity contribution is 5.40. The Bertz CT molecular complexity index is 540. The molecule has 0 radical (unpaired) electrons. The molecule has 0 amide bonds. The average Bonchev–Trinajstić information content (AvgIpc) is 2.47. The predicted molar refractivity (Wildman–Crippen MR) is 81.8 cm³/mol. The smallest absolute Gasteiger partial charge is 0.119 e. The predicted octanol–water partition coefficient (Wildman–Crippen LogP) is 3.43. The molecular formula is C17H21NO2. The summed E-state index contributed by atoms with van der Waals surface area (Å²) in [7, 11) is 1.67. The minimum absolute atomic E-state index is 0.619. The Morgan fingerprint density at radius 3 is 2.60 bits per heavy atom. The topological polar surface area (TPSA) is 44.5 Å². The van der Waals surface area contributed by atoms with Crippen molar-refractivity contribution < 1.29 is 9.47 Å². The zero-order valence-electron chi connectivity index (χ0n) is 11.8. The third-order valence-electron chi connectivity index (χ3n) is 3.11. The molecule has 2 aromatic carbocycles. The lowest BCUT2D eigenvalue weighted by molar-refractivity contribution is 0.118. The number of hydrogen-bond acceptors (Lipinski definition) is 3. The van der Waals surface area contributed by atoms with Crippen LogP contribution in [0.15, 0.2) is 48.5 Å². The van der Waals surface area contributed by atoms with Gasteiger partial charge in [-0.3, -0.25) is 0 Å². The first-order valence-electron chi connectivity index (χ1n) is 6.83. The van der Waals surface area contributed by atoms with Crippen LogP contribution >= 0.6 is 0 Å². The molecule has 0 aliphatic carbocycles. The maximum atomic E-state index is 5.75. The van der Waals surface area contributed by atoms with Crippen molar-refractivity contribution in [3.05, 3.63) is 59.7 Å². The minimum atomic E-state index is 0.619. The summed E-state index contributed by atoms with van der Waals surface area (Å²) < 4.78 is 10.9. The van der Waals surface area contributed by atoms with Crippen molar-refractivity contribution >= 4 is 5.69 Å². The van der Waals surface area contributed by atoms with Gasteiger partial charge in [-0.15, -0.1) is 0 Å². The Balaban J connectivity index is 1.68. The first-order chi connectivity index (χ1) is 9.78. The SMILES string of the molecule is COc1cccc(COCCCc2cccc(N)c2)c1. The molecule has 0 unspecified atom stereocenters. The molecule has 0 spiro atoms. The second-order valence-electron chi connectivity index (χ2n) is 4.75. The molecule has 0 fully saturated rings. The summed E-state index contributed by atoms with van der Waals surface area (Å²) in [5.74, 6) is 0.867. The van der Waals surface area contributed by atoms with Crippen LogP contribution in [0.2, 0.25) is 0 Å². The maximum absolute atomic E-state index is 5.75. The van der Waals surface area contributed by atoms with E-state index in [-0.39, 0.29) is 0 Å². The molecule has 3 heteroatoms. The van der Waals surface area contributed by atoms with E-state index in [4.69, 9.17) is 15.2 Å².